The monoisotopic (exact) mass is 715 g/mol. The Kier molecular flexibility index (Phi) is 14.8. The second kappa shape index (κ2) is 19.0. The van der Waals surface area contributed by atoms with Crippen molar-refractivity contribution in [2.45, 2.75) is 103 Å². The maximum absolute atomic E-state index is 12.2. The van der Waals surface area contributed by atoms with Crippen LogP contribution >= 0.6 is 23.2 Å². The zero-order valence-electron chi connectivity index (χ0n) is 29.6. The number of carbonyl (C=O) groups excluding carboxylic acids is 2. The highest BCUT2D eigenvalue weighted by Gasteiger charge is 2.55. The number of amides is 1. The Morgan fingerprint density at radius 1 is 0.959 bits per heavy atom. The Labute approximate surface area is 304 Å². The molecule has 4 aliphatic carbocycles. The third-order valence-corrected chi connectivity index (χ3v) is 12.2. The summed E-state index contributed by atoms with van der Waals surface area (Å²) in [5, 5.41) is 17.3. The van der Waals surface area contributed by atoms with Crippen LogP contribution in [-0.2, 0) is 16.0 Å². The number of nitrogens with one attached hydrogen (secondary N) is 2. The third kappa shape index (κ3) is 10.1. The third-order valence-electron chi connectivity index (χ3n) is 11.9. The van der Waals surface area contributed by atoms with Gasteiger partial charge in [0.2, 0.25) is 0 Å². The van der Waals surface area contributed by atoms with E-state index in [-0.39, 0.29) is 17.6 Å². The van der Waals surface area contributed by atoms with Crippen molar-refractivity contribution >= 4 is 40.8 Å². The number of hydrogen-bond acceptors (Lipinski definition) is 6. The SMILES string of the molecule is C[C@]12C[C@H](CCCCCCNCCOC(=O)NCCCc3ccc(N(CCCl)CCCl)cc3)C3=C4CCC(=O)C=C4CC[C@H]3[C@@H]1CC[C@@H]2O. The van der Waals surface area contributed by atoms with E-state index in [4.69, 9.17) is 27.9 Å². The molecule has 3 N–H and O–H groups in total. The van der Waals surface area contributed by atoms with Crippen molar-refractivity contribution in [1.82, 2.24) is 10.6 Å². The molecule has 2 saturated carbocycles. The molecular formula is C40H59Cl2N3O4. The zero-order valence-corrected chi connectivity index (χ0v) is 31.1. The molecule has 4 aliphatic rings. The topological polar surface area (TPSA) is 90.9 Å². The van der Waals surface area contributed by atoms with Crippen LogP contribution < -0.4 is 15.5 Å². The summed E-state index contributed by atoms with van der Waals surface area (Å²) in [6, 6.07) is 8.46. The molecule has 0 aliphatic heterocycles. The van der Waals surface area contributed by atoms with Gasteiger partial charge in [0, 0.05) is 50.0 Å². The second-order valence-corrected chi connectivity index (χ2v) is 15.7. The average Bonchev–Trinajstić information content (AvgIpc) is 3.40. The number of alkyl halides is 2. The number of alkyl carbamates (subject to hydrolysis) is 1. The van der Waals surface area contributed by atoms with Crippen LogP contribution in [0.15, 0.2) is 47.1 Å². The van der Waals surface area contributed by atoms with Crippen LogP contribution in [0.3, 0.4) is 0 Å². The van der Waals surface area contributed by atoms with Gasteiger partial charge in [-0.25, -0.2) is 4.79 Å². The Bertz CT molecular complexity index is 1290. The first-order valence-electron chi connectivity index (χ1n) is 19.1. The highest BCUT2D eigenvalue weighted by molar-refractivity contribution is 6.18. The summed E-state index contributed by atoms with van der Waals surface area (Å²) >= 11 is 11.8. The van der Waals surface area contributed by atoms with E-state index in [1.54, 1.807) is 5.57 Å². The Hall–Kier alpha value is -2.06. The van der Waals surface area contributed by atoms with Crippen LogP contribution in [0.5, 0.6) is 0 Å². The molecule has 7 nitrogen and oxygen atoms in total. The molecule has 0 spiro atoms. The van der Waals surface area contributed by atoms with Crippen molar-refractivity contribution in [2.24, 2.45) is 23.2 Å². The molecule has 5 atom stereocenters. The highest BCUT2D eigenvalue weighted by Crippen LogP contribution is 2.62. The highest BCUT2D eigenvalue weighted by atomic mass is 35.5. The number of aliphatic hydroxyl groups is 1. The number of ketones is 1. The second-order valence-electron chi connectivity index (χ2n) is 15.0. The van der Waals surface area contributed by atoms with Gasteiger partial charge in [-0.05, 0) is 129 Å². The van der Waals surface area contributed by atoms with E-state index >= 15 is 0 Å². The minimum Gasteiger partial charge on any atom is -0.448 e. The predicted octanol–water partition coefficient (Wildman–Crippen LogP) is 7.96. The number of aryl methyl sites for hydroxylation is 1. The van der Waals surface area contributed by atoms with Gasteiger partial charge in [0.15, 0.2) is 5.78 Å². The molecule has 49 heavy (non-hydrogen) atoms. The van der Waals surface area contributed by atoms with Crippen molar-refractivity contribution < 1.29 is 19.4 Å². The zero-order chi connectivity index (χ0) is 34.6. The van der Waals surface area contributed by atoms with Crippen molar-refractivity contribution in [2.75, 3.05) is 56.0 Å². The van der Waals surface area contributed by atoms with Crippen LogP contribution in [0.25, 0.3) is 0 Å². The van der Waals surface area contributed by atoms with Gasteiger partial charge in [-0.2, -0.15) is 0 Å². The maximum Gasteiger partial charge on any atom is 0.407 e. The lowest BCUT2D eigenvalue weighted by atomic mass is 9.53. The molecule has 0 heterocycles. The quantitative estimate of drug-likeness (QED) is 0.0995. The number of rotatable bonds is 19. The van der Waals surface area contributed by atoms with Gasteiger partial charge in [-0.3, -0.25) is 4.79 Å². The molecule has 0 unspecified atom stereocenters. The maximum atomic E-state index is 12.2. The van der Waals surface area contributed by atoms with Gasteiger partial charge >= 0.3 is 6.09 Å². The van der Waals surface area contributed by atoms with E-state index in [2.05, 4.69) is 46.7 Å². The van der Waals surface area contributed by atoms with Crippen LogP contribution in [0, 0.1) is 23.2 Å². The summed E-state index contributed by atoms with van der Waals surface area (Å²) in [4.78, 5) is 26.5. The molecule has 5 rings (SSSR count). The molecule has 272 valence electrons. The minimum atomic E-state index is -0.360. The Morgan fingerprint density at radius 2 is 1.73 bits per heavy atom. The number of carbonyl (C=O) groups is 2. The first-order valence-corrected chi connectivity index (χ1v) is 20.1. The summed E-state index contributed by atoms with van der Waals surface area (Å²) in [5.41, 5.74) is 6.94. The fourth-order valence-corrected chi connectivity index (χ4v) is 9.79. The first kappa shape index (κ1) is 38.2. The first-order chi connectivity index (χ1) is 23.8. The van der Waals surface area contributed by atoms with Gasteiger partial charge in [-0.15, -0.1) is 23.2 Å². The molecule has 2 fully saturated rings. The van der Waals surface area contributed by atoms with Crippen molar-refractivity contribution in [1.29, 1.82) is 0 Å². The van der Waals surface area contributed by atoms with Crippen LogP contribution in [0.4, 0.5) is 10.5 Å². The van der Waals surface area contributed by atoms with Gasteiger partial charge in [0.1, 0.15) is 6.61 Å². The van der Waals surface area contributed by atoms with E-state index in [1.807, 2.05) is 6.08 Å². The number of fused-ring (bicyclic) bond motifs is 4. The van der Waals surface area contributed by atoms with Crippen LogP contribution in [0.1, 0.15) is 96.0 Å². The number of unbranched alkanes of at least 4 members (excludes halogenated alkanes) is 3. The summed E-state index contributed by atoms with van der Waals surface area (Å²) < 4.78 is 5.34. The van der Waals surface area contributed by atoms with Gasteiger partial charge in [0.25, 0.3) is 0 Å². The molecule has 1 aromatic rings. The molecule has 0 saturated heterocycles. The molecule has 1 amide bonds. The average molecular weight is 717 g/mol. The van der Waals surface area contributed by atoms with E-state index in [0.717, 1.165) is 83.1 Å². The number of aliphatic hydroxyl groups excluding tert-OH is 1. The molecule has 0 bridgehead atoms. The molecule has 0 aromatic heterocycles. The van der Waals surface area contributed by atoms with Crippen LogP contribution in [-0.4, -0.2) is 74.2 Å². The Balaban J connectivity index is 0.922. The number of hydrogen-bond donors (Lipinski definition) is 3. The largest absolute Gasteiger partial charge is 0.448 e. The summed E-state index contributed by atoms with van der Waals surface area (Å²) in [6.07, 6.45) is 16.0. The number of allylic oxidation sites excluding steroid dienone is 4. The lowest BCUT2D eigenvalue weighted by Crippen LogP contribution is -2.45. The number of halogens is 2. The molecular weight excluding hydrogens is 657 g/mol. The minimum absolute atomic E-state index is 0.0409. The summed E-state index contributed by atoms with van der Waals surface area (Å²) in [6.45, 7) is 6.43. The predicted molar refractivity (Wildman–Crippen MR) is 201 cm³/mol. The van der Waals surface area contributed by atoms with E-state index in [1.165, 1.54) is 42.4 Å². The standard InChI is InChI=1S/C40H59Cl2N3O4/c1-40-28-31(38-34-16-14-33(46)27-30(34)11-15-35(38)36(40)17-18-37(40)47)8-4-2-3-5-21-43-23-26-49-39(48)44-22-6-7-29-9-12-32(13-10-29)45(24-19-41)25-20-42/h9-10,12-13,27,31,35-37,43,47H,2-8,11,14-26,28H2,1H3,(H,44,48)/t31-,35-,36-,37-,40-/m0/s1. The smallest absolute Gasteiger partial charge is 0.407 e. The number of anilines is 1. The fourth-order valence-electron chi connectivity index (χ4n) is 9.38. The number of ether oxygens (including phenoxy) is 1. The van der Waals surface area contributed by atoms with E-state index < -0.39 is 0 Å². The summed E-state index contributed by atoms with van der Waals surface area (Å²) in [7, 11) is 0. The van der Waals surface area contributed by atoms with Crippen molar-refractivity contribution in [3.63, 3.8) is 0 Å². The normalized spacial score (nSPS) is 26.1. The molecule has 9 heteroatoms. The molecule has 1 aromatic carbocycles. The van der Waals surface area contributed by atoms with Gasteiger partial charge < -0.3 is 25.4 Å². The van der Waals surface area contributed by atoms with Crippen molar-refractivity contribution in [3.05, 3.63) is 52.6 Å². The van der Waals surface area contributed by atoms with Gasteiger partial charge in [0.05, 0.1) is 6.10 Å². The fraction of sp³-hybridized carbons (Fsp3) is 0.700. The lowest BCUT2D eigenvalue weighted by molar-refractivity contribution is -0.114. The number of nitrogens with zero attached hydrogens (tertiary/aromatic N) is 1. The van der Waals surface area contributed by atoms with E-state index in [0.29, 0.717) is 61.4 Å². The van der Waals surface area contributed by atoms with E-state index in [9.17, 15) is 14.7 Å². The summed E-state index contributed by atoms with van der Waals surface area (Å²) in [5.74, 6) is 3.16. The van der Waals surface area contributed by atoms with Crippen LogP contribution in [0.2, 0.25) is 0 Å². The Morgan fingerprint density at radius 3 is 2.51 bits per heavy atom. The van der Waals surface area contributed by atoms with Crippen molar-refractivity contribution in [3.8, 4) is 0 Å². The number of benzene rings is 1. The van der Waals surface area contributed by atoms with Gasteiger partial charge in [-0.1, -0.05) is 43.9 Å². The molecule has 0 radical (unpaired) electrons. The lowest BCUT2D eigenvalue weighted by Gasteiger charge is -2.52.